The zero-order valence-electron chi connectivity index (χ0n) is 14.6. The molecule has 1 aromatic carbocycles. The minimum absolute atomic E-state index is 0.222. The molecule has 0 radical (unpaired) electrons. The zero-order valence-corrected chi connectivity index (χ0v) is 17.1. The van der Waals surface area contributed by atoms with Crippen molar-refractivity contribution in [1.29, 1.82) is 0 Å². The number of amides is 1. The Bertz CT molecular complexity index is 1220. The van der Waals surface area contributed by atoms with Crippen LogP contribution >= 0.6 is 22.7 Å². The SMILES string of the molecule is O=C(Nc1nnc(-c2ccccn2)s1)c1ccc(NS(=O)(=O)c2cccs2)cc1. The molecular formula is C18H13N5O3S3. The molecule has 146 valence electrons. The van der Waals surface area contributed by atoms with Crippen LogP contribution in [0.15, 0.2) is 70.4 Å². The topological polar surface area (TPSA) is 114 Å². The highest BCUT2D eigenvalue weighted by Crippen LogP contribution is 2.25. The summed E-state index contributed by atoms with van der Waals surface area (Å²) < 4.78 is 27.2. The van der Waals surface area contributed by atoms with E-state index in [0.29, 0.717) is 27.1 Å². The van der Waals surface area contributed by atoms with Gasteiger partial charge in [0.1, 0.15) is 9.90 Å². The summed E-state index contributed by atoms with van der Waals surface area (Å²) in [5.74, 6) is -0.374. The Kier molecular flexibility index (Phi) is 5.34. The van der Waals surface area contributed by atoms with E-state index in [1.54, 1.807) is 23.7 Å². The smallest absolute Gasteiger partial charge is 0.271 e. The summed E-state index contributed by atoms with van der Waals surface area (Å²) in [4.78, 5) is 16.6. The Morgan fingerprint density at radius 1 is 0.966 bits per heavy atom. The van der Waals surface area contributed by atoms with Crippen LogP contribution in [-0.2, 0) is 10.0 Å². The first-order valence-corrected chi connectivity index (χ1v) is 11.4. The lowest BCUT2D eigenvalue weighted by molar-refractivity contribution is 0.102. The van der Waals surface area contributed by atoms with E-state index in [1.165, 1.54) is 41.7 Å². The number of thiophene rings is 1. The number of nitrogens with zero attached hydrogens (tertiary/aromatic N) is 3. The largest absolute Gasteiger partial charge is 0.296 e. The fraction of sp³-hybridized carbons (Fsp3) is 0. The summed E-state index contributed by atoms with van der Waals surface area (Å²) in [5, 5.41) is 13.3. The summed E-state index contributed by atoms with van der Waals surface area (Å²) >= 11 is 2.34. The normalized spacial score (nSPS) is 11.2. The molecule has 0 aliphatic carbocycles. The second-order valence-electron chi connectivity index (χ2n) is 5.70. The highest BCUT2D eigenvalue weighted by molar-refractivity contribution is 7.94. The lowest BCUT2D eigenvalue weighted by Crippen LogP contribution is -2.13. The van der Waals surface area contributed by atoms with Crippen LogP contribution in [0.5, 0.6) is 0 Å². The van der Waals surface area contributed by atoms with Crippen molar-refractivity contribution in [1.82, 2.24) is 15.2 Å². The fourth-order valence-electron chi connectivity index (χ4n) is 2.35. The molecule has 0 aliphatic rings. The Morgan fingerprint density at radius 2 is 1.79 bits per heavy atom. The third-order valence-corrected chi connectivity index (χ3v) is 7.33. The van der Waals surface area contributed by atoms with Gasteiger partial charge < -0.3 is 0 Å². The van der Waals surface area contributed by atoms with E-state index in [-0.39, 0.29) is 10.1 Å². The van der Waals surface area contributed by atoms with E-state index in [1.807, 2.05) is 12.1 Å². The molecular weight excluding hydrogens is 430 g/mol. The van der Waals surface area contributed by atoms with Crippen molar-refractivity contribution in [2.45, 2.75) is 4.21 Å². The van der Waals surface area contributed by atoms with Gasteiger partial charge in [-0.05, 0) is 47.8 Å². The summed E-state index contributed by atoms with van der Waals surface area (Å²) in [7, 11) is -3.63. The van der Waals surface area contributed by atoms with Gasteiger partial charge in [-0.1, -0.05) is 23.5 Å². The highest BCUT2D eigenvalue weighted by atomic mass is 32.2. The number of benzene rings is 1. The fourth-order valence-corrected chi connectivity index (χ4v) is 5.11. The molecule has 3 aromatic heterocycles. The molecule has 0 unspecified atom stereocenters. The molecule has 11 heteroatoms. The van der Waals surface area contributed by atoms with Crippen molar-refractivity contribution in [3.8, 4) is 10.7 Å². The number of carbonyl (C=O) groups is 1. The molecule has 0 bridgehead atoms. The van der Waals surface area contributed by atoms with Crippen molar-refractivity contribution in [2.75, 3.05) is 10.0 Å². The molecule has 4 aromatic rings. The summed E-state index contributed by atoms with van der Waals surface area (Å²) in [6, 6.07) is 14.8. The number of anilines is 2. The van der Waals surface area contributed by atoms with Crippen LogP contribution in [0, 0.1) is 0 Å². The van der Waals surface area contributed by atoms with Gasteiger partial charge in [-0.2, -0.15) is 0 Å². The number of nitrogens with one attached hydrogen (secondary N) is 2. The lowest BCUT2D eigenvalue weighted by Gasteiger charge is -2.07. The molecule has 29 heavy (non-hydrogen) atoms. The molecule has 0 saturated carbocycles. The predicted octanol–water partition coefficient (Wildman–Crippen LogP) is 3.71. The van der Waals surface area contributed by atoms with Crippen LogP contribution in [0.3, 0.4) is 0 Å². The Balaban J connectivity index is 1.43. The number of rotatable bonds is 6. The first-order chi connectivity index (χ1) is 14.0. The molecule has 0 saturated heterocycles. The number of sulfonamides is 1. The predicted molar refractivity (Wildman–Crippen MR) is 113 cm³/mol. The Labute approximate surface area is 174 Å². The summed E-state index contributed by atoms with van der Waals surface area (Å²) in [6.07, 6.45) is 1.66. The van der Waals surface area contributed by atoms with Crippen LogP contribution in [0.1, 0.15) is 10.4 Å². The molecule has 0 aliphatic heterocycles. The third-order valence-electron chi connectivity index (χ3n) is 3.69. The Hall–Kier alpha value is -3.15. The number of carbonyl (C=O) groups excluding carboxylic acids is 1. The van der Waals surface area contributed by atoms with Crippen LogP contribution in [0.25, 0.3) is 10.7 Å². The van der Waals surface area contributed by atoms with Gasteiger partial charge in [0.25, 0.3) is 15.9 Å². The van der Waals surface area contributed by atoms with E-state index in [0.717, 1.165) is 11.3 Å². The molecule has 0 spiro atoms. The summed E-state index contributed by atoms with van der Waals surface area (Å²) in [6.45, 7) is 0. The van der Waals surface area contributed by atoms with E-state index in [4.69, 9.17) is 0 Å². The van der Waals surface area contributed by atoms with Crippen LogP contribution in [0.4, 0.5) is 10.8 Å². The third kappa shape index (κ3) is 4.47. The Morgan fingerprint density at radius 3 is 2.48 bits per heavy atom. The van der Waals surface area contributed by atoms with Crippen molar-refractivity contribution in [3.05, 3.63) is 71.7 Å². The van der Waals surface area contributed by atoms with Crippen molar-refractivity contribution in [2.24, 2.45) is 0 Å². The average Bonchev–Trinajstić information content (AvgIpc) is 3.42. The van der Waals surface area contributed by atoms with Gasteiger partial charge in [0.05, 0.1) is 0 Å². The van der Waals surface area contributed by atoms with Crippen molar-refractivity contribution >= 4 is 49.4 Å². The quantitative estimate of drug-likeness (QED) is 0.469. The van der Waals surface area contributed by atoms with Crippen LogP contribution < -0.4 is 10.0 Å². The second kappa shape index (κ2) is 8.07. The minimum Gasteiger partial charge on any atom is -0.296 e. The summed E-state index contributed by atoms with van der Waals surface area (Å²) in [5.41, 5.74) is 1.40. The minimum atomic E-state index is -3.63. The maximum absolute atomic E-state index is 12.4. The van der Waals surface area contributed by atoms with Gasteiger partial charge in [0.15, 0.2) is 5.01 Å². The van der Waals surface area contributed by atoms with E-state index in [2.05, 4.69) is 25.2 Å². The first-order valence-electron chi connectivity index (χ1n) is 8.24. The maximum Gasteiger partial charge on any atom is 0.271 e. The molecule has 8 nitrogen and oxygen atoms in total. The van der Waals surface area contributed by atoms with Gasteiger partial charge in [-0.25, -0.2) is 8.42 Å². The lowest BCUT2D eigenvalue weighted by atomic mass is 10.2. The van der Waals surface area contributed by atoms with E-state index < -0.39 is 10.0 Å². The van der Waals surface area contributed by atoms with Crippen LogP contribution in [-0.4, -0.2) is 29.5 Å². The number of hydrogen-bond donors (Lipinski definition) is 2. The monoisotopic (exact) mass is 443 g/mol. The molecule has 3 heterocycles. The van der Waals surface area contributed by atoms with Gasteiger partial charge >= 0.3 is 0 Å². The zero-order chi connectivity index (χ0) is 20.3. The molecule has 0 atom stereocenters. The number of hydrogen-bond acceptors (Lipinski definition) is 8. The van der Waals surface area contributed by atoms with Crippen molar-refractivity contribution in [3.63, 3.8) is 0 Å². The second-order valence-corrected chi connectivity index (χ2v) is 9.53. The van der Waals surface area contributed by atoms with Gasteiger partial charge in [0, 0.05) is 17.4 Å². The molecule has 0 fully saturated rings. The number of aromatic nitrogens is 3. The molecule has 1 amide bonds. The van der Waals surface area contributed by atoms with Crippen LogP contribution in [0.2, 0.25) is 0 Å². The van der Waals surface area contributed by atoms with E-state index >= 15 is 0 Å². The standard InChI is InChI=1S/C18H13N5O3S3/c24-16(20-18-22-21-17(28-18)14-4-1-2-10-19-14)12-6-8-13(9-7-12)23-29(25,26)15-5-3-11-27-15/h1-11,23H,(H,20,22,24). The molecule has 2 N–H and O–H groups in total. The van der Waals surface area contributed by atoms with Gasteiger partial charge in [-0.3, -0.25) is 19.8 Å². The number of pyridine rings is 1. The van der Waals surface area contributed by atoms with Crippen molar-refractivity contribution < 1.29 is 13.2 Å². The van der Waals surface area contributed by atoms with E-state index in [9.17, 15) is 13.2 Å². The average molecular weight is 444 g/mol. The van der Waals surface area contributed by atoms with Gasteiger partial charge in [-0.15, -0.1) is 21.5 Å². The van der Waals surface area contributed by atoms with Gasteiger partial charge in [0.2, 0.25) is 5.13 Å². The maximum atomic E-state index is 12.4. The highest BCUT2D eigenvalue weighted by Gasteiger charge is 2.16. The first kappa shape index (κ1) is 19.2. The molecule has 4 rings (SSSR count).